The number of carbonyl (C=O) groups excluding carboxylic acids is 1. The van der Waals surface area contributed by atoms with E-state index >= 15 is 0 Å². The summed E-state index contributed by atoms with van der Waals surface area (Å²) in [4.78, 5) is 22.1. The first-order valence-corrected chi connectivity index (χ1v) is 4.59. The lowest BCUT2D eigenvalue weighted by Crippen LogP contribution is -2.53. The molecular weight excluding hydrogens is 248 g/mol. The van der Waals surface area contributed by atoms with Crippen molar-refractivity contribution >= 4 is 11.9 Å². The summed E-state index contributed by atoms with van der Waals surface area (Å²) in [5.74, 6) is -8.38. The van der Waals surface area contributed by atoms with Crippen molar-refractivity contribution in [2.45, 2.75) is 24.3 Å². The predicted octanol–water partition coefficient (Wildman–Crippen LogP) is -0.0988. The molecule has 1 aliphatic heterocycles. The predicted molar refractivity (Wildman–Crippen MR) is 46.7 cm³/mol. The Kier molecular flexibility index (Phi) is 3.33. The number of aliphatic carboxylic acids is 1. The number of hydrogen-bond donors (Lipinski definition) is 2. The summed E-state index contributed by atoms with van der Waals surface area (Å²) < 4.78 is 49.3. The van der Waals surface area contributed by atoms with E-state index in [2.05, 4.69) is 0 Å². The maximum atomic E-state index is 12.7. The molecule has 1 rings (SSSR count). The first-order chi connectivity index (χ1) is 7.61. The van der Waals surface area contributed by atoms with Crippen LogP contribution in [0.25, 0.3) is 0 Å². The van der Waals surface area contributed by atoms with E-state index < -0.39 is 36.3 Å². The number of likely N-dealkylation sites (tertiary alicyclic amines) is 1. The lowest BCUT2D eigenvalue weighted by Gasteiger charge is -2.23. The first kappa shape index (κ1) is 13.7. The van der Waals surface area contributed by atoms with Crippen LogP contribution in [0.15, 0.2) is 0 Å². The van der Waals surface area contributed by atoms with Gasteiger partial charge in [-0.15, -0.1) is 0 Å². The van der Waals surface area contributed by atoms with E-state index in [9.17, 15) is 27.2 Å². The number of alkyl halides is 4. The van der Waals surface area contributed by atoms with Crippen LogP contribution in [0.1, 0.15) is 6.42 Å². The number of nitrogens with zero attached hydrogens (tertiary/aromatic N) is 1. The van der Waals surface area contributed by atoms with Crippen LogP contribution in [-0.4, -0.2) is 52.9 Å². The zero-order valence-electron chi connectivity index (χ0n) is 8.50. The minimum absolute atomic E-state index is 0.257. The summed E-state index contributed by atoms with van der Waals surface area (Å²) in [6.45, 7) is -1.09. The molecule has 1 atom stereocenters. The van der Waals surface area contributed by atoms with Gasteiger partial charge in [-0.05, 0) is 6.42 Å². The fraction of sp³-hybridized carbons (Fsp3) is 0.750. The second-order valence-electron chi connectivity index (χ2n) is 3.86. The molecule has 0 saturated carbocycles. The molecule has 17 heavy (non-hydrogen) atoms. The van der Waals surface area contributed by atoms with Gasteiger partial charge in [0.05, 0.1) is 0 Å². The van der Waals surface area contributed by atoms with Gasteiger partial charge in [-0.1, -0.05) is 0 Å². The van der Waals surface area contributed by atoms with Crippen molar-refractivity contribution in [2.24, 2.45) is 5.73 Å². The number of amides is 1. The smallest absolute Gasteiger partial charge is 0.383 e. The summed E-state index contributed by atoms with van der Waals surface area (Å²) >= 11 is 0. The Morgan fingerprint density at radius 3 is 2.29 bits per heavy atom. The van der Waals surface area contributed by atoms with E-state index in [0.29, 0.717) is 4.90 Å². The molecule has 1 fully saturated rings. The van der Waals surface area contributed by atoms with E-state index in [1.807, 2.05) is 0 Å². The van der Waals surface area contributed by atoms with E-state index in [-0.39, 0.29) is 13.0 Å². The van der Waals surface area contributed by atoms with Crippen molar-refractivity contribution in [3.63, 3.8) is 0 Å². The van der Waals surface area contributed by atoms with Crippen LogP contribution in [-0.2, 0) is 9.59 Å². The van der Waals surface area contributed by atoms with E-state index in [1.165, 1.54) is 0 Å². The lowest BCUT2D eigenvalue weighted by molar-refractivity contribution is -0.179. The Bertz CT molecular complexity index is 350. The molecule has 0 spiro atoms. The highest BCUT2D eigenvalue weighted by Gasteiger charge is 2.54. The number of carbonyl (C=O) groups is 2. The number of halogens is 4. The van der Waals surface area contributed by atoms with Gasteiger partial charge in [0.15, 0.2) is 0 Å². The first-order valence-electron chi connectivity index (χ1n) is 4.59. The van der Waals surface area contributed by atoms with Gasteiger partial charge < -0.3 is 15.7 Å². The van der Waals surface area contributed by atoms with Crippen LogP contribution in [0, 0.1) is 0 Å². The molecule has 0 aromatic rings. The Labute approximate surface area is 93.2 Å². The van der Waals surface area contributed by atoms with Crippen molar-refractivity contribution < 1.29 is 32.3 Å². The third-order valence-electron chi connectivity index (χ3n) is 2.57. The van der Waals surface area contributed by atoms with Gasteiger partial charge in [-0.25, -0.2) is 8.78 Å². The number of carboxylic acid groups (broad SMARTS) is 1. The van der Waals surface area contributed by atoms with Gasteiger partial charge in [0, 0.05) is 13.1 Å². The molecule has 0 radical (unpaired) electrons. The molecule has 1 aliphatic rings. The van der Waals surface area contributed by atoms with Crippen molar-refractivity contribution in [3.05, 3.63) is 0 Å². The Balaban J connectivity index is 2.79. The number of nitrogens with two attached hydrogens (primary N) is 1. The summed E-state index contributed by atoms with van der Waals surface area (Å²) in [7, 11) is 0. The van der Waals surface area contributed by atoms with E-state index in [0.717, 1.165) is 0 Å². The molecule has 0 aliphatic carbocycles. The number of carboxylic acids is 1. The molecule has 0 bridgehead atoms. The molecular formula is C8H10F4N2O3. The zero-order chi connectivity index (χ0) is 13.4. The van der Waals surface area contributed by atoms with Crippen molar-refractivity contribution in [3.8, 4) is 0 Å². The molecule has 1 amide bonds. The quantitative estimate of drug-likeness (QED) is 0.692. The van der Waals surface area contributed by atoms with E-state index in [4.69, 9.17) is 10.8 Å². The highest BCUT2D eigenvalue weighted by molar-refractivity contribution is 5.87. The monoisotopic (exact) mass is 258 g/mol. The third kappa shape index (κ3) is 2.33. The highest BCUT2D eigenvalue weighted by atomic mass is 19.3. The second-order valence-corrected chi connectivity index (χ2v) is 3.86. The largest absolute Gasteiger partial charge is 0.480 e. The molecule has 5 nitrogen and oxygen atoms in total. The van der Waals surface area contributed by atoms with Gasteiger partial charge in [0.1, 0.15) is 5.54 Å². The zero-order valence-corrected chi connectivity index (χ0v) is 8.50. The molecule has 9 heteroatoms. The molecule has 0 aromatic heterocycles. The van der Waals surface area contributed by atoms with Crippen molar-refractivity contribution in [1.82, 2.24) is 4.90 Å². The Morgan fingerprint density at radius 1 is 1.41 bits per heavy atom. The molecule has 98 valence electrons. The van der Waals surface area contributed by atoms with Gasteiger partial charge in [-0.3, -0.25) is 9.59 Å². The average Bonchev–Trinajstić information content (AvgIpc) is 2.61. The Morgan fingerprint density at radius 2 is 1.94 bits per heavy atom. The fourth-order valence-electron chi connectivity index (χ4n) is 1.49. The SMILES string of the molecule is NC1(C(=O)O)CCN(C(=O)C(F)(F)C(F)F)C1. The van der Waals surface area contributed by atoms with Crippen molar-refractivity contribution in [2.75, 3.05) is 13.1 Å². The average molecular weight is 258 g/mol. The van der Waals surface area contributed by atoms with Crippen LogP contribution in [0.2, 0.25) is 0 Å². The third-order valence-corrected chi connectivity index (χ3v) is 2.57. The Hall–Kier alpha value is -1.38. The minimum Gasteiger partial charge on any atom is -0.480 e. The van der Waals surface area contributed by atoms with Crippen LogP contribution in [0.5, 0.6) is 0 Å². The van der Waals surface area contributed by atoms with Gasteiger partial charge in [-0.2, -0.15) is 8.78 Å². The van der Waals surface area contributed by atoms with Crippen LogP contribution >= 0.6 is 0 Å². The van der Waals surface area contributed by atoms with Crippen LogP contribution in [0.3, 0.4) is 0 Å². The van der Waals surface area contributed by atoms with Crippen LogP contribution < -0.4 is 5.73 Å². The fourth-order valence-corrected chi connectivity index (χ4v) is 1.49. The maximum absolute atomic E-state index is 12.7. The highest BCUT2D eigenvalue weighted by Crippen LogP contribution is 2.29. The lowest BCUT2D eigenvalue weighted by atomic mass is 10.0. The summed E-state index contributed by atoms with van der Waals surface area (Å²) in [5, 5.41) is 8.69. The molecule has 3 N–H and O–H groups in total. The van der Waals surface area contributed by atoms with Crippen molar-refractivity contribution in [1.29, 1.82) is 0 Å². The summed E-state index contributed by atoms with van der Waals surface area (Å²) in [5.41, 5.74) is 3.47. The van der Waals surface area contributed by atoms with Gasteiger partial charge in [0.2, 0.25) is 0 Å². The maximum Gasteiger partial charge on any atom is 0.383 e. The van der Waals surface area contributed by atoms with Gasteiger partial charge in [0.25, 0.3) is 5.91 Å². The standard InChI is InChI=1S/C8H10F4N2O3/c9-4(10)8(11,12)5(15)14-2-1-7(13,3-14)6(16)17/h4H,1-3,13H2,(H,16,17). The normalized spacial score (nSPS) is 25.4. The topological polar surface area (TPSA) is 83.6 Å². The number of rotatable bonds is 3. The molecule has 0 aromatic carbocycles. The minimum atomic E-state index is -4.82. The second kappa shape index (κ2) is 4.13. The molecule has 1 unspecified atom stereocenters. The molecule has 1 heterocycles. The van der Waals surface area contributed by atoms with Gasteiger partial charge >= 0.3 is 18.3 Å². The number of hydrogen-bond acceptors (Lipinski definition) is 3. The van der Waals surface area contributed by atoms with E-state index in [1.54, 1.807) is 0 Å². The van der Waals surface area contributed by atoms with Crippen LogP contribution in [0.4, 0.5) is 17.6 Å². The summed E-state index contributed by atoms with van der Waals surface area (Å²) in [6.07, 6.45) is -4.39. The summed E-state index contributed by atoms with van der Waals surface area (Å²) in [6, 6.07) is 0. The molecule has 1 saturated heterocycles.